The van der Waals surface area contributed by atoms with Gasteiger partial charge in [0.1, 0.15) is 11.9 Å². The third kappa shape index (κ3) is 2.95. The van der Waals surface area contributed by atoms with Gasteiger partial charge in [0.25, 0.3) is 0 Å². The molecule has 5 heteroatoms. The van der Waals surface area contributed by atoms with Crippen LogP contribution in [0.15, 0.2) is 18.3 Å². The van der Waals surface area contributed by atoms with Crippen LogP contribution >= 0.6 is 0 Å². The Kier molecular flexibility index (Phi) is 4.28. The maximum Gasteiger partial charge on any atom is 0.239 e. The van der Waals surface area contributed by atoms with Crippen molar-refractivity contribution in [2.45, 2.75) is 6.92 Å². The molecule has 0 spiro atoms. The first-order valence-electron chi connectivity index (χ1n) is 5.02. The van der Waals surface area contributed by atoms with Gasteiger partial charge in [0.2, 0.25) is 5.91 Å². The number of nitrogens with zero attached hydrogens (tertiary/aromatic N) is 3. The molecule has 0 saturated heterocycles. The highest BCUT2D eigenvalue weighted by Gasteiger charge is 2.11. The van der Waals surface area contributed by atoms with E-state index in [1.165, 1.54) is 0 Å². The van der Waals surface area contributed by atoms with Gasteiger partial charge in [0, 0.05) is 19.8 Å². The van der Waals surface area contributed by atoms with Crippen molar-refractivity contribution >= 4 is 11.7 Å². The van der Waals surface area contributed by atoms with Gasteiger partial charge in [0.05, 0.1) is 12.1 Å². The van der Waals surface area contributed by atoms with E-state index in [2.05, 4.69) is 10.3 Å². The molecule has 1 aromatic rings. The highest BCUT2D eigenvalue weighted by Crippen LogP contribution is 2.13. The number of carbonyl (C=O) groups is 1. The van der Waals surface area contributed by atoms with E-state index in [0.29, 0.717) is 17.9 Å². The van der Waals surface area contributed by atoms with Crippen molar-refractivity contribution in [2.24, 2.45) is 0 Å². The van der Waals surface area contributed by atoms with E-state index >= 15 is 0 Å². The molecule has 0 fully saturated rings. The van der Waals surface area contributed by atoms with E-state index in [1.807, 2.05) is 13.0 Å². The van der Waals surface area contributed by atoms with Crippen molar-refractivity contribution in [2.75, 3.05) is 25.0 Å². The third-order valence-electron chi connectivity index (χ3n) is 2.02. The summed E-state index contributed by atoms with van der Waals surface area (Å²) in [6, 6.07) is 5.42. The number of hydrogen-bond acceptors (Lipinski definition) is 4. The van der Waals surface area contributed by atoms with Crippen LogP contribution in [0, 0.1) is 11.3 Å². The van der Waals surface area contributed by atoms with Gasteiger partial charge in [-0.05, 0) is 19.1 Å². The monoisotopic (exact) mass is 218 g/mol. The number of nitriles is 1. The summed E-state index contributed by atoms with van der Waals surface area (Å²) in [6.45, 7) is 2.65. The number of hydrogen-bond donors (Lipinski definition) is 1. The van der Waals surface area contributed by atoms with Gasteiger partial charge in [-0.3, -0.25) is 4.79 Å². The normalized spacial score (nSPS) is 9.31. The minimum Gasteiger partial charge on any atom is -0.355 e. The Morgan fingerprint density at radius 2 is 2.44 bits per heavy atom. The highest BCUT2D eigenvalue weighted by molar-refractivity contribution is 5.81. The summed E-state index contributed by atoms with van der Waals surface area (Å²) in [7, 11) is 1.73. The number of carbonyl (C=O) groups excluding carboxylic acids is 1. The molecule has 1 heterocycles. The topological polar surface area (TPSA) is 69.0 Å². The number of likely N-dealkylation sites (N-methyl/N-ethyl adjacent to an activating group) is 2. The highest BCUT2D eigenvalue weighted by atomic mass is 16.2. The fourth-order valence-electron chi connectivity index (χ4n) is 1.33. The quantitative estimate of drug-likeness (QED) is 0.800. The summed E-state index contributed by atoms with van der Waals surface area (Å²) < 4.78 is 0. The molecule has 0 radical (unpaired) electrons. The molecule has 1 aromatic heterocycles. The van der Waals surface area contributed by atoms with Crippen molar-refractivity contribution in [1.82, 2.24) is 10.3 Å². The van der Waals surface area contributed by atoms with Crippen LogP contribution < -0.4 is 10.2 Å². The van der Waals surface area contributed by atoms with E-state index in [-0.39, 0.29) is 12.5 Å². The standard InChI is InChI=1S/C11H14N4O/c1-3-13-10(16)8-15(2)11-9(7-12)5-4-6-14-11/h4-6H,3,8H2,1-2H3,(H,13,16). The molecular weight excluding hydrogens is 204 g/mol. The van der Waals surface area contributed by atoms with Crippen molar-refractivity contribution in [3.8, 4) is 6.07 Å². The van der Waals surface area contributed by atoms with Gasteiger partial charge in [-0.2, -0.15) is 5.26 Å². The summed E-state index contributed by atoms with van der Waals surface area (Å²) in [5.74, 6) is 0.441. The van der Waals surface area contributed by atoms with Crippen LogP contribution in [0.25, 0.3) is 0 Å². The van der Waals surface area contributed by atoms with Gasteiger partial charge < -0.3 is 10.2 Å². The second-order valence-corrected chi connectivity index (χ2v) is 3.30. The number of pyridine rings is 1. The van der Waals surface area contributed by atoms with E-state index in [1.54, 1.807) is 30.3 Å². The Morgan fingerprint density at radius 3 is 3.06 bits per heavy atom. The van der Waals surface area contributed by atoms with Gasteiger partial charge in [-0.25, -0.2) is 4.98 Å². The van der Waals surface area contributed by atoms with Crippen molar-refractivity contribution in [3.63, 3.8) is 0 Å². The number of anilines is 1. The predicted molar refractivity (Wildman–Crippen MR) is 60.9 cm³/mol. The smallest absolute Gasteiger partial charge is 0.239 e. The number of aromatic nitrogens is 1. The molecule has 5 nitrogen and oxygen atoms in total. The van der Waals surface area contributed by atoms with Gasteiger partial charge in [0.15, 0.2) is 0 Å². The lowest BCUT2D eigenvalue weighted by molar-refractivity contribution is -0.119. The maximum atomic E-state index is 11.4. The van der Waals surface area contributed by atoms with Gasteiger partial charge >= 0.3 is 0 Å². The minimum absolute atomic E-state index is 0.0838. The average molecular weight is 218 g/mol. The first-order valence-corrected chi connectivity index (χ1v) is 5.02. The molecule has 1 amide bonds. The van der Waals surface area contributed by atoms with Crippen LogP contribution in [0.2, 0.25) is 0 Å². The zero-order chi connectivity index (χ0) is 12.0. The van der Waals surface area contributed by atoms with Crippen LogP contribution in [0.5, 0.6) is 0 Å². The number of nitrogens with one attached hydrogen (secondary N) is 1. The van der Waals surface area contributed by atoms with E-state index in [4.69, 9.17) is 5.26 Å². The molecule has 1 rings (SSSR count). The molecule has 16 heavy (non-hydrogen) atoms. The molecule has 0 aliphatic carbocycles. The number of amides is 1. The van der Waals surface area contributed by atoms with Gasteiger partial charge in [-0.1, -0.05) is 0 Å². The van der Waals surface area contributed by atoms with E-state index in [9.17, 15) is 4.79 Å². The zero-order valence-electron chi connectivity index (χ0n) is 9.40. The lowest BCUT2D eigenvalue weighted by Gasteiger charge is -2.18. The second-order valence-electron chi connectivity index (χ2n) is 3.30. The fourth-order valence-corrected chi connectivity index (χ4v) is 1.33. The summed E-state index contributed by atoms with van der Waals surface area (Å²) in [5.41, 5.74) is 0.467. The molecule has 0 aliphatic heterocycles. The lowest BCUT2D eigenvalue weighted by Crippen LogP contribution is -2.35. The summed E-state index contributed by atoms with van der Waals surface area (Å²) in [5, 5.41) is 11.6. The van der Waals surface area contributed by atoms with Crippen LogP contribution in [0.1, 0.15) is 12.5 Å². The molecule has 1 N–H and O–H groups in total. The van der Waals surface area contributed by atoms with Gasteiger partial charge in [-0.15, -0.1) is 0 Å². The Morgan fingerprint density at radius 1 is 1.69 bits per heavy atom. The first-order chi connectivity index (χ1) is 7.69. The molecule has 0 bridgehead atoms. The van der Waals surface area contributed by atoms with Crippen LogP contribution in [0.3, 0.4) is 0 Å². The second kappa shape index (κ2) is 5.71. The van der Waals surface area contributed by atoms with Crippen LogP contribution in [-0.4, -0.2) is 31.0 Å². The molecule has 0 aliphatic rings. The molecule has 0 aromatic carbocycles. The van der Waals surface area contributed by atoms with E-state index < -0.39 is 0 Å². The lowest BCUT2D eigenvalue weighted by atomic mass is 10.2. The molecule has 0 unspecified atom stereocenters. The molecule has 0 saturated carbocycles. The Bertz CT molecular complexity index is 411. The first kappa shape index (κ1) is 12.0. The Balaban J connectivity index is 2.77. The zero-order valence-corrected chi connectivity index (χ0v) is 9.40. The third-order valence-corrected chi connectivity index (χ3v) is 2.02. The predicted octanol–water partition coefficient (Wildman–Crippen LogP) is 0.526. The Hall–Kier alpha value is -2.09. The van der Waals surface area contributed by atoms with Crippen LogP contribution in [0.4, 0.5) is 5.82 Å². The van der Waals surface area contributed by atoms with Crippen LogP contribution in [-0.2, 0) is 4.79 Å². The fraction of sp³-hybridized carbons (Fsp3) is 0.364. The Labute approximate surface area is 94.7 Å². The maximum absolute atomic E-state index is 11.4. The minimum atomic E-state index is -0.0838. The average Bonchev–Trinajstić information content (AvgIpc) is 2.29. The largest absolute Gasteiger partial charge is 0.355 e. The SMILES string of the molecule is CCNC(=O)CN(C)c1ncccc1C#N. The van der Waals surface area contributed by atoms with Crippen molar-refractivity contribution in [1.29, 1.82) is 5.26 Å². The van der Waals surface area contributed by atoms with Crippen molar-refractivity contribution < 1.29 is 4.79 Å². The summed E-state index contributed by atoms with van der Waals surface area (Å²) >= 11 is 0. The molecule has 84 valence electrons. The molecule has 0 atom stereocenters. The van der Waals surface area contributed by atoms with Crippen molar-refractivity contribution in [3.05, 3.63) is 23.9 Å². The number of rotatable bonds is 4. The molecular formula is C11H14N4O. The summed E-state index contributed by atoms with van der Waals surface area (Å²) in [4.78, 5) is 17.1. The summed E-state index contributed by atoms with van der Waals surface area (Å²) in [6.07, 6.45) is 1.60. The van der Waals surface area contributed by atoms with E-state index in [0.717, 1.165) is 0 Å².